The molecule has 0 radical (unpaired) electrons. The van der Waals surface area contributed by atoms with Crippen molar-refractivity contribution >= 4 is 5.91 Å². The van der Waals surface area contributed by atoms with Crippen molar-refractivity contribution in [1.82, 2.24) is 10.2 Å². The van der Waals surface area contributed by atoms with Crippen LogP contribution in [0.3, 0.4) is 0 Å². The molecular weight excluding hydrogens is 267 g/mol. The molecule has 3 nitrogen and oxygen atoms in total. The topological polar surface area (TPSA) is 32.3 Å². The molecule has 3 rings (SSSR count). The van der Waals surface area contributed by atoms with Crippen LogP contribution in [0.2, 0.25) is 0 Å². The van der Waals surface area contributed by atoms with Crippen LogP contribution in [0.5, 0.6) is 0 Å². The first-order chi connectivity index (χ1) is 10.0. The lowest BCUT2D eigenvalue weighted by Crippen LogP contribution is -2.45. The van der Waals surface area contributed by atoms with Crippen molar-refractivity contribution in [1.29, 1.82) is 0 Å². The maximum atomic E-state index is 13.2. The number of hydrogen-bond donors (Lipinski definition) is 1. The molecule has 0 bridgehead atoms. The number of amides is 1. The summed E-state index contributed by atoms with van der Waals surface area (Å²) in [6, 6.07) is 6.93. The van der Waals surface area contributed by atoms with Crippen LogP contribution in [0.25, 0.3) is 0 Å². The standard InChI is InChI=1S/C17H23FN2O/c1-12(2)20-11-15(13-3-5-14(18)6-4-13)17(16(20)21)7-9-19-10-8-17/h3-6,12,15,19H,7-11H2,1-2H3. The van der Waals surface area contributed by atoms with Gasteiger partial charge in [0.25, 0.3) is 0 Å². The number of benzene rings is 1. The molecule has 0 saturated carbocycles. The minimum atomic E-state index is -0.298. The molecule has 1 spiro atoms. The molecule has 1 amide bonds. The van der Waals surface area contributed by atoms with Crippen molar-refractivity contribution in [2.45, 2.75) is 38.6 Å². The van der Waals surface area contributed by atoms with Crippen LogP contribution in [-0.2, 0) is 4.79 Å². The van der Waals surface area contributed by atoms with E-state index in [1.165, 1.54) is 12.1 Å². The predicted molar refractivity (Wildman–Crippen MR) is 80.5 cm³/mol. The van der Waals surface area contributed by atoms with Gasteiger partial charge in [0.15, 0.2) is 0 Å². The maximum absolute atomic E-state index is 13.2. The summed E-state index contributed by atoms with van der Waals surface area (Å²) in [7, 11) is 0. The second-order valence-electron chi connectivity index (χ2n) is 6.56. The van der Waals surface area contributed by atoms with Gasteiger partial charge in [0.05, 0.1) is 5.41 Å². The number of hydrogen-bond acceptors (Lipinski definition) is 2. The van der Waals surface area contributed by atoms with Crippen molar-refractivity contribution in [3.8, 4) is 0 Å². The normalized spacial score (nSPS) is 25.0. The first-order valence-electron chi connectivity index (χ1n) is 7.82. The largest absolute Gasteiger partial charge is 0.339 e. The monoisotopic (exact) mass is 290 g/mol. The second-order valence-corrected chi connectivity index (χ2v) is 6.56. The molecule has 2 saturated heterocycles. The van der Waals surface area contributed by atoms with Crippen LogP contribution >= 0.6 is 0 Å². The van der Waals surface area contributed by atoms with E-state index in [0.717, 1.165) is 38.0 Å². The molecule has 1 atom stereocenters. The lowest BCUT2D eigenvalue weighted by atomic mass is 9.68. The second kappa shape index (κ2) is 5.41. The van der Waals surface area contributed by atoms with E-state index in [0.29, 0.717) is 0 Å². The van der Waals surface area contributed by atoms with Gasteiger partial charge in [0, 0.05) is 18.5 Å². The molecule has 2 aliphatic rings. The molecule has 1 N–H and O–H groups in total. The van der Waals surface area contributed by atoms with E-state index < -0.39 is 0 Å². The fraction of sp³-hybridized carbons (Fsp3) is 0.588. The third kappa shape index (κ3) is 2.35. The fourth-order valence-corrected chi connectivity index (χ4v) is 3.89. The molecule has 2 heterocycles. The van der Waals surface area contributed by atoms with Gasteiger partial charge in [-0.25, -0.2) is 4.39 Å². The Morgan fingerprint density at radius 1 is 1.24 bits per heavy atom. The van der Waals surface area contributed by atoms with Crippen molar-refractivity contribution in [3.05, 3.63) is 35.6 Å². The summed E-state index contributed by atoms with van der Waals surface area (Å²) < 4.78 is 13.2. The van der Waals surface area contributed by atoms with Gasteiger partial charge in [0.2, 0.25) is 5.91 Å². The lowest BCUT2D eigenvalue weighted by Gasteiger charge is -2.37. The van der Waals surface area contributed by atoms with E-state index >= 15 is 0 Å². The number of carbonyl (C=O) groups excluding carboxylic acids is 1. The van der Waals surface area contributed by atoms with E-state index in [9.17, 15) is 9.18 Å². The summed E-state index contributed by atoms with van der Waals surface area (Å²) in [5, 5.41) is 3.35. The highest BCUT2D eigenvalue weighted by molar-refractivity contribution is 5.87. The lowest BCUT2D eigenvalue weighted by molar-refractivity contribution is -0.139. The Morgan fingerprint density at radius 3 is 2.43 bits per heavy atom. The zero-order chi connectivity index (χ0) is 15.0. The number of piperidine rings is 1. The van der Waals surface area contributed by atoms with Gasteiger partial charge in [0.1, 0.15) is 5.82 Å². The molecule has 2 aliphatic heterocycles. The zero-order valence-electron chi connectivity index (χ0n) is 12.7. The summed E-state index contributed by atoms with van der Waals surface area (Å²) >= 11 is 0. The maximum Gasteiger partial charge on any atom is 0.229 e. The molecule has 1 unspecified atom stereocenters. The highest BCUT2D eigenvalue weighted by atomic mass is 19.1. The number of carbonyl (C=O) groups is 1. The van der Waals surface area contributed by atoms with Gasteiger partial charge in [-0.2, -0.15) is 0 Å². The van der Waals surface area contributed by atoms with Gasteiger partial charge >= 0.3 is 0 Å². The first kappa shape index (κ1) is 14.5. The zero-order valence-corrected chi connectivity index (χ0v) is 12.7. The Morgan fingerprint density at radius 2 is 1.86 bits per heavy atom. The fourth-order valence-electron chi connectivity index (χ4n) is 3.89. The van der Waals surface area contributed by atoms with Gasteiger partial charge in [-0.15, -0.1) is 0 Å². The molecule has 21 heavy (non-hydrogen) atoms. The highest BCUT2D eigenvalue weighted by Crippen LogP contribution is 2.50. The van der Waals surface area contributed by atoms with Gasteiger partial charge < -0.3 is 10.2 Å². The number of rotatable bonds is 2. The van der Waals surface area contributed by atoms with Crippen molar-refractivity contribution in [2.24, 2.45) is 5.41 Å². The minimum absolute atomic E-state index is 0.176. The van der Waals surface area contributed by atoms with Crippen LogP contribution in [0.1, 0.15) is 38.2 Å². The molecule has 4 heteroatoms. The average Bonchev–Trinajstić information content (AvgIpc) is 2.75. The van der Waals surface area contributed by atoms with Crippen molar-refractivity contribution < 1.29 is 9.18 Å². The molecule has 2 fully saturated rings. The molecule has 114 valence electrons. The van der Waals surface area contributed by atoms with Crippen LogP contribution in [0, 0.1) is 11.2 Å². The first-order valence-corrected chi connectivity index (χ1v) is 7.82. The van der Waals surface area contributed by atoms with Crippen LogP contribution in [0.4, 0.5) is 4.39 Å². The van der Waals surface area contributed by atoms with Crippen molar-refractivity contribution in [2.75, 3.05) is 19.6 Å². The Kier molecular flexibility index (Phi) is 3.74. The Balaban J connectivity index is 1.99. The van der Waals surface area contributed by atoms with Crippen LogP contribution < -0.4 is 5.32 Å². The van der Waals surface area contributed by atoms with E-state index in [1.54, 1.807) is 0 Å². The summed E-state index contributed by atoms with van der Waals surface area (Å²) in [5.41, 5.74) is 0.794. The van der Waals surface area contributed by atoms with Gasteiger partial charge in [-0.1, -0.05) is 12.1 Å². The molecular formula is C17H23FN2O. The molecule has 0 aromatic heterocycles. The number of likely N-dealkylation sites (tertiary alicyclic amines) is 1. The van der Waals surface area contributed by atoms with E-state index in [4.69, 9.17) is 0 Å². The van der Waals surface area contributed by atoms with Crippen LogP contribution in [0.15, 0.2) is 24.3 Å². The Hall–Kier alpha value is -1.42. The summed E-state index contributed by atoms with van der Waals surface area (Å²) in [4.78, 5) is 15.0. The van der Waals surface area contributed by atoms with E-state index in [2.05, 4.69) is 19.2 Å². The van der Waals surface area contributed by atoms with E-state index in [-0.39, 0.29) is 29.1 Å². The van der Waals surface area contributed by atoms with Crippen molar-refractivity contribution in [3.63, 3.8) is 0 Å². The Labute approximate surface area is 125 Å². The Bertz CT molecular complexity index is 520. The minimum Gasteiger partial charge on any atom is -0.339 e. The van der Waals surface area contributed by atoms with Gasteiger partial charge in [-0.3, -0.25) is 4.79 Å². The third-order valence-electron chi connectivity index (χ3n) is 5.12. The highest BCUT2D eigenvalue weighted by Gasteiger charge is 2.54. The number of nitrogens with zero attached hydrogens (tertiary/aromatic N) is 1. The summed E-state index contributed by atoms with van der Waals surface area (Å²) in [6.07, 6.45) is 1.74. The molecule has 0 aliphatic carbocycles. The number of nitrogens with one attached hydrogen (secondary N) is 1. The predicted octanol–water partition coefficient (Wildman–Crippen LogP) is 2.53. The molecule has 1 aromatic carbocycles. The third-order valence-corrected chi connectivity index (χ3v) is 5.12. The van der Waals surface area contributed by atoms with Crippen LogP contribution in [-0.4, -0.2) is 36.5 Å². The number of halogens is 1. The smallest absolute Gasteiger partial charge is 0.229 e. The summed E-state index contributed by atoms with van der Waals surface area (Å²) in [5.74, 6) is 0.242. The quantitative estimate of drug-likeness (QED) is 0.908. The SMILES string of the molecule is CC(C)N1CC(c2ccc(F)cc2)C2(CCNCC2)C1=O. The average molecular weight is 290 g/mol. The van der Waals surface area contributed by atoms with Gasteiger partial charge in [-0.05, 0) is 57.5 Å². The summed E-state index contributed by atoms with van der Waals surface area (Å²) in [6.45, 7) is 6.66. The van der Waals surface area contributed by atoms with E-state index in [1.807, 2.05) is 17.0 Å². The molecule has 1 aromatic rings.